The lowest BCUT2D eigenvalue weighted by Gasteiger charge is -2.27. The van der Waals surface area contributed by atoms with Crippen LogP contribution < -0.4 is 4.57 Å². The number of carbonyl (C=O) groups excluding carboxylic acids is 4. The number of aromatic nitrogens is 2. The zero-order chi connectivity index (χ0) is 29.4. The Bertz CT molecular complexity index is 1040. The number of benzene rings is 1. The number of carbonyl (C=O) groups is 4. The molecule has 0 saturated carbocycles. The van der Waals surface area contributed by atoms with Gasteiger partial charge in [-0.05, 0) is 67.5 Å². The molecule has 0 spiro atoms. The molecule has 2 aromatic rings. The highest BCUT2D eigenvalue weighted by Crippen LogP contribution is 2.32. The van der Waals surface area contributed by atoms with Crippen molar-refractivity contribution in [1.82, 2.24) is 4.57 Å². The first-order chi connectivity index (χ1) is 18.3. The summed E-state index contributed by atoms with van der Waals surface area (Å²) < 4.78 is 24.7. The molecule has 10 nitrogen and oxygen atoms in total. The fourth-order valence-corrected chi connectivity index (χ4v) is 4.77. The van der Waals surface area contributed by atoms with Gasteiger partial charge < -0.3 is 18.9 Å². The summed E-state index contributed by atoms with van der Waals surface area (Å²) in [6.45, 7) is 15.1. The van der Waals surface area contributed by atoms with Crippen LogP contribution in [0.4, 0.5) is 0 Å². The second-order valence-corrected chi connectivity index (χ2v) is 10.5. The first-order valence-corrected chi connectivity index (χ1v) is 13.5. The van der Waals surface area contributed by atoms with Crippen molar-refractivity contribution in [3.05, 3.63) is 30.6 Å². The van der Waals surface area contributed by atoms with Gasteiger partial charge in [-0.1, -0.05) is 12.1 Å². The number of para-hydroxylation sites is 2. The van der Waals surface area contributed by atoms with Gasteiger partial charge in [0.2, 0.25) is 6.33 Å². The number of esters is 4. The largest absolute Gasteiger partial charge is 0.465 e. The van der Waals surface area contributed by atoms with Crippen LogP contribution in [0.3, 0.4) is 0 Å². The number of nitrogens with zero attached hydrogens (tertiary/aromatic N) is 2. The summed E-state index contributed by atoms with van der Waals surface area (Å²) in [5.74, 6) is -4.69. The van der Waals surface area contributed by atoms with Gasteiger partial charge in [-0.25, -0.2) is 9.13 Å². The van der Waals surface area contributed by atoms with Crippen LogP contribution in [0.2, 0.25) is 0 Å². The summed E-state index contributed by atoms with van der Waals surface area (Å²) in [7, 11) is 0. The van der Waals surface area contributed by atoms with Crippen LogP contribution in [0.15, 0.2) is 30.6 Å². The molecule has 0 N–H and O–H groups in total. The van der Waals surface area contributed by atoms with Crippen molar-refractivity contribution in [2.75, 3.05) is 26.4 Å². The average Bonchev–Trinajstić information content (AvgIpc) is 3.28. The number of imidazole rings is 1. The minimum Gasteiger partial charge on any atom is -0.465 e. The first-order valence-electron chi connectivity index (χ1n) is 13.5. The lowest BCUT2D eigenvalue weighted by molar-refractivity contribution is -0.737. The van der Waals surface area contributed by atoms with Crippen molar-refractivity contribution in [3.8, 4) is 0 Å². The maximum Gasteiger partial charge on any atom is 0.320 e. The second-order valence-electron chi connectivity index (χ2n) is 10.5. The van der Waals surface area contributed by atoms with Crippen LogP contribution in [0.1, 0.15) is 68.2 Å². The summed E-state index contributed by atoms with van der Waals surface area (Å²) in [6.07, 6.45) is 2.17. The Labute approximate surface area is 230 Å². The van der Waals surface area contributed by atoms with Crippen LogP contribution in [-0.4, -0.2) is 54.9 Å². The quantitative estimate of drug-likeness (QED) is 0.152. The number of hydrogen-bond donors (Lipinski definition) is 0. The lowest BCUT2D eigenvalue weighted by Crippen LogP contribution is -2.54. The summed E-state index contributed by atoms with van der Waals surface area (Å²) in [6, 6.07) is 7.70. The van der Waals surface area contributed by atoms with Gasteiger partial charge in [-0.3, -0.25) is 19.2 Å². The fourth-order valence-electron chi connectivity index (χ4n) is 4.77. The highest BCUT2D eigenvalue weighted by molar-refractivity contribution is 5.95. The topological polar surface area (TPSA) is 114 Å². The Balaban J connectivity index is 2.57. The maximum absolute atomic E-state index is 12.7. The molecule has 216 valence electrons. The monoisotopic (exact) mass is 547 g/mol. The predicted molar refractivity (Wildman–Crippen MR) is 144 cm³/mol. The van der Waals surface area contributed by atoms with Gasteiger partial charge >= 0.3 is 23.9 Å². The predicted octanol–water partition coefficient (Wildman–Crippen LogP) is 3.66. The molecule has 1 aromatic carbocycles. The van der Waals surface area contributed by atoms with E-state index in [4.69, 9.17) is 18.9 Å². The maximum atomic E-state index is 12.7. The highest BCUT2D eigenvalue weighted by atomic mass is 16.6. The van der Waals surface area contributed by atoms with Crippen molar-refractivity contribution in [1.29, 1.82) is 0 Å². The van der Waals surface area contributed by atoms with Crippen LogP contribution >= 0.6 is 0 Å². The standard InChI is InChI=1S/C29H43N2O8/c1-9-36-24(32)20(25(33)37-10-2)17-28(5,6)30-19-31(23-16-14-13-15-22(23)30)29(7,8)18-21(26(34)38-11-3)27(35)39-12-4/h13-16,19-21H,9-12,17-18H2,1-8H3/q+1. The molecule has 10 heteroatoms. The van der Waals surface area contributed by atoms with Crippen LogP contribution in [0.5, 0.6) is 0 Å². The zero-order valence-corrected chi connectivity index (χ0v) is 24.4. The molecular weight excluding hydrogens is 504 g/mol. The van der Waals surface area contributed by atoms with Gasteiger partial charge in [0.15, 0.2) is 22.9 Å². The van der Waals surface area contributed by atoms with Crippen molar-refractivity contribution in [3.63, 3.8) is 0 Å². The second kappa shape index (κ2) is 13.6. The summed E-state index contributed by atoms with van der Waals surface area (Å²) in [5, 5.41) is 0. The molecule has 0 atom stereocenters. The van der Waals surface area contributed by atoms with E-state index in [1.165, 1.54) is 0 Å². The molecule has 0 aliphatic heterocycles. The normalized spacial score (nSPS) is 12.1. The number of rotatable bonds is 14. The SMILES string of the molecule is CCOC(=O)C(CC(C)(C)n1c[n+](C(C)(C)CC(C(=O)OCC)C(=O)OCC)c2ccccc21)C(=O)OCC. The van der Waals surface area contributed by atoms with Gasteiger partial charge in [0.25, 0.3) is 0 Å². The van der Waals surface area contributed by atoms with E-state index in [-0.39, 0.29) is 39.3 Å². The van der Waals surface area contributed by atoms with Crippen LogP contribution in [0.25, 0.3) is 11.0 Å². The zero-order valence-electron chi connectivity index (χ0n) is 24.4. The average molecular weight is 548 g/mol. The van der Waals surface area contributed by atoms with Gasteiger partial charge in [-0.15, -0.1) is 0 Å². The van der Waals surface area contributed by atoms with E-state index in [1.807, 2.05) is 67.4 Å². The number of ether oxygens (including phenoxy) is 4. The van der Waals surface area contributed by atoms with Gasteiger partial charge in [0.1, 0.15) is 11.1 Å². The Morgan fingerprint density at radius 3 is 1.56 bits per heavy atom. The Morgan fingerprint density at radius 1 is 0.718 bits per heavy atom. The van der Waals surface area contributed by atoms with E-state index in [9.17, 15) is 19.2 Å². The molecule has 1 aromatic heterocycles. The van der Waals surface area contributed by atoms with Crippen molar-refractivity contribution in [2.24, 2.45) is 11.8 Å². The minimum atomic E-state index is -1.10. The summed E-state index contributed by atoms with van der Waals surface area (Å²) >= 11 is 0. The molecule has 0 saturated heterocycles. The Morgan fingerprint density at radius 2 is 1.13 bits per heavy atom. The van der Waals surface area contributed by atoms with E-state index in [0.29, 0.717) is 0 Å². The number of fused-ring (bicyclic) bond motifs is 1. The Kier molecular flexibility index (Phi) is 11.1. The molecule has 0 bridgehead atoms. The van der Waals surface area contributed by atoms with Crippen LogP contribution in [-0.2, 0) is 49.2 Å². The summed E-state index contributed by atoms with van der Waals surface area (Å²) in [5.41, 5.74) is 0.247. The molecule has 0 aliphatic carbocycles. The molecule has 0 aliphatic rings. The molecular formula is C29H43N2O8+. The lowest BCUT2D eigenvalue weighted by atomic mass is 9.89. The number of hydrogen-bond acceptors (Lipinski definition) is 8. The van der Waals surface area contributed by atoms with E-state index >= 15 is 0 Å². The molecule has 1 heterocycles. The molecule has 0 unspecified atom stereocenters. The molecule has 2 rings (SSSR count). The van der Waals surface area contributed by atoms with E-state index in [2.05, 4.69) is 0 Å². The summed E-state index contributed by atoms with van der Waals surface area (Å²) in [4.78, 5) is 50.9. The smallest absolute Gasteiger partial charge is 0.320 e. The third-order valence-electron chi connectivity index (χ3n) is 6.63. The van der Waals surface area contributed by atoms with E-state index < -0.39 is 46.8 Å². The first kappa shape index (κ1) is 31.8. The minimum absolute atomic E-state index is 0.137. The Hall–Kier alpha value is -3.43. The van der Waals surface area contributed by atoms with Gasteiger partial charge in [-0.2, -0.15) is 0 Å². The third-order valence-corrected chi connectivity index (χ3v) is 6.63. The highest BCUT2D eigenvalue weighted by Gasteiger charge is 2.43. The van der Waals surface area contributed by atoms with Crippen molar-refractivity contribution in [2.45, 2.75) is 79.3 Å². The van der Waals surface area contributed by atoms with Gasteiger partial charge in [0.05, 0.1) is 26.4 Å². The third kappa shape index (κ3) is 7.58. The van der Waals surface area contributed by atoms with E-state index in [0.717, 1.165) is 11.0 Å². The van der Waals surface area contributed by atoms with Crippen molar-refractivity contribution >= 4 is 34.9 Å². The van der Waals surface area contributed by atoms with Crippen LogP contribution in [0, 0.1) is 11.8 Å². The van der Waals surface area contributed by atoms with Crippen molar-refractivity contribution < 1.29 is 42.7 Å². The molecule has 0 radical (unpaired) electrons. The van der Waals surface area contributed by atoms with E-state index in [1.54, 1.807) is 27.7 Å². The fraction of sp³-hybridized carbons (Fsp3) is 0.621. The molecule has 0 amide bonds. The molecule has 39 heavy (non-hydrogen) atoms. The van der Waals surface area contributed by atoms with Gasteiger partial charge in [0, 0.05) is 12.8 Å². The molecule has 0 fully saturated rings.